The SMILES string of the molecule is CC(C)[Si](C)(C)CCCCCCCCCCC(=O)ON1C(=O)CCC1=O.CN.CNC(=O)CCCCCCCCCC[Si](C)(C)C(C)C. The molecule has 0 aliphatic carbocycles. The Morgan fingerprint density at radius 2 is 0.938 bits per heavy atom. The van der Waals surface area contributed by atoms with Crippen molar-refractivity contribution >= 4 is 39.8 Å². The predicted octanol–water partition coefficient (Wildman–Crippen LogP) is 10.2. The Morgan fingerprint density at radius 3 is 1.27 bits per heavy atom. The molecule has 0 unspecified atom stereocenters. The van der Waals surface area contributed by atoms with Crippen LogP contribution in [-0.4, -0.2) is 59.0 Å². The van der Waals surface area contributed by atoms with E-state index in [2.05, 4.69) is 64.9 Å². The van der Waals surface area contributed by atoms with Crippen LogP contribution in [0.5, 0.6) is 0 Å². The maximum atomic E-state index is 11.7. The summed E-state index contributed by atoms with van der Waals surface area (Å²) >= 11 is 0. The van der Waals surface area contributed by atoms with E-state index >= 15 is 0 Å². The monoisotopic (exact) mass is 714 g/mol. The lowest BCUT2D eigenvalue weighted by molar-refractivity contribution is -0.197. The van der Waals surface area contributed by atoms with Gasteiger partial charge in [0.1, 0.15) is 0 Å². The minimum atomic E-state index is -0.989. The Bertz CT molecular complexity index is 849. The van der Waals surface area contributed by atoms with Crippen LogP contribution in [0, 0.1) is 0 Å². The molecule has 3 N–H and O–H groups in total. The van der Waals surface area contributed by atoms with Crippen molar-refractivity contribution in [2.45, 2.75) is 205 Å². The number of carbonyl (C=O) groups excluding carboxylic acids is 4. The quantitative estimate of drug-likeness (QED) is 0.0552. The maximum Gasteiger partial charge on any atom is 0.333 e. The number of nitrogens with zero attached hydrogens (tertiary/aromatic N) is 1. The summed E-state index contributed by atoms with van der Waals surface area (Å²) in [6, 6.07) is 2.94. The zero-order valence-electron chi connectivity index (χ0n) is 33.3. The number of hydrogen-bond donors (Lipinski definition) is 2. The molecule has 0 saturated carbocycles. The first-order valence-corrected chi connectivity index (χ1v) is 26.1. The lowest BCUT2D eigenvalue weighted by Crippen LogP contribution is -2.31. The van der Waals surface area contributed by atoms with Gasteiger partial charge in [-0.15, -0.1) is 5.06 Å². The summed E-state index contributed by atoms with van der Waals surface area (Å²) in [6.45, 7) is 19.6. The maximum absolute atomic E-state index is 11.7. The van der Waals surface area contributed by atoms with Crippen molar-refractivity contribution in [2.24, 2.45) is 5.73 Å². The van der Waals surface area contributed by atoms with Crippen LogP contribution in [0.4, 0.5) is 0 Å². The van der Waals surface area contributed by atoms with E-state index in [1.807, 2.05) is 0 Å². The molecule has 10 heteroatoms. The van der Waals surface area contributed by atoms with Gasteiger partial charge in [0.05, 0.1) is 0 Å². The standard InChI is InChI=1S/C20H37NO4Si.C17H37NOSi.CH5N/c1-17(2)26(3,4)16-12-10-8-6-5-7-9-11-13-20(24)25-21-18(22)14-15-19(21)23;1-16(2)20(4,5)15-13-11-9-7-6-8-10-12-14-17(19)18-3;1-2/h17H,5-16H2,1-4H3;16H,6-15H2,1-5H3,(H,18,19);2H2,1H3. The van der Waals surface area contributed by atoms with Gasteiger partial charge in [-0.3, -0.25) is 14.4 Å². The largest absolute Gasteiger partial charge is 0.359 e. The fourth-order valence-corrected chi connectivity index (χ4v) is 8.82. The lowest BCUT2D eigenvalue weighted by atomic mass is 10.1. The van der Waals surface area contributed by atoms with Gasteiger partial charge in [-0.1, -0.05) is 167 Å². The second kappa shape index (κ2) is 29.2. The molecule has 1 aliphatic heterocycles. The summed E-state index contributed by atoms with van der Waals surface area (Å²) in [5.74, 6) is -1.13. The van der Waals surface area contributed by atoms with Crippen molar-refractivity contribution in [3.05, 3.63) is 0 Å². The zero-order chi connectivity index (χ0) is 37.0. The number of unbranched alkanes of at least 4 members (excludes halogenated alkanes) is 14. The third-order valence-electron chi connectivity index (χ3n) is 10.5. The van der Waals surface area contributed by atoms with Gasteiger partial charge in [-0.05, 0) is 19.9 Å². The highest BCUT2D eigenvalue weighted by atomic mass is 28.3. The summed E-state index contributed by atoms with van der Waals surface area (Å²) in [4.78, 5) is 50.3. The molecular weight excluding hydrogens is 635 g/mol. The van der Waals surface area contributed by atoms with Crippen LogP contribution >= 0.6 is 0 Å². The normalized spacial score (nSPS) is 13.3. The molecule has 3 amide bonds. The molecule has 8 nitrogen and oxygen atoms in total. The number of nitrogens with two attached hydrogens (primary N) is 1. The van der Waals surface area contributed by atoms with E-state index in [1.165, 1.54) is 96.2 Å². The average molecular weight is 714 g/mol. The van der Waals surface area contributed by atoms with E-state index in [0.717, 1.165) is 36.8 Å². The van der Waals surface area contributed by atoms with Gasteiger partial charge in [0.2, 0.25) is 5.91 Å². The highest BCUT2D eigenvalue weighted by Gasteiger charge is 2.32. The number of imide groups is 1. The highest BCUT2D eigenvalue weighted by Crippen LogP contribution is 2.28. The summed E-state index contributed by atoms with van der Waals surface area (Å²) in [5, 5.41) is 3.31. The molecule has 0 aromatic rings. The van der Waals surface area contributed by atoms with Gasteiger partial charge in [-0.2, -0.15) is 0 Å². The van der Waals surface area contributed by atoms with Crippen molar-refractivity contribution in [1.82, 2.24) is 10.4 Å². The van der Waals surface area contributed by atoms with Crippen LogP contribution < -0.4 is 11.1 Å². The van der Waals surface area contributed by atoms with Crippen LogP contribution in [0.15, 0.2) is 0 Å². The minimum Gasteiger partial charge on any atom is -0.359 e. The van der Waals surface area contributed by atoms with Gasteiger partial charge >= 0.3 is 5.97 Å². The van der Waals surface area contributed by atoms with Crippen molar-refractivity contribution in [3.63, 3.8) is 0 Å². The molecule has 0 aromatic carbocycles. The summed E-state index contributed by atoms with van der Waals surface area (Å²) in [6.07, 6.45) is 21.2. The topological polar surface area (TPSA) is 119 Å². The number of hydrogen-bond acceptors (Lipinski definition) is 6. The Kier molecular flexibility index (Phi) is 29.6. The molecule has 0 bridgehead atoms. The lowest BCUT2D eigenvalue weighted by Gasteiger charge is -2.26. The molecule has 0 atom stereocenters. The van der Waals surface area contributed by atoms with Crippen LogP contribution in [0.1, 0.15) is 156 Å². The zero-order valence-corrected chi connectivity index (χ0v) is 35.3. The molecule has 1 rings (SSSR count). The Hall–Kier alpha value is -1.53. The van der Waals surface area contributed by atoms with Crippen molar-refractivity contribution < 1.29 is 24.0 Å². The second-order valence-electron chi connectivity index (χ2n) is 15.7. The summed E-state index contributed by atoms with van der Waals surface area (Å²) < 4.78 is 0. The Labute approximate surface area is 298 Å². The van der Waals surface area contributed by atoms with Gasteiger partial charge in [0, 0.05) is 48.9 Å². The number of amides is 3. The molecule has 0 spiro atoms. The third-order valence-corrected chi connectivity index (χ3v) is 20.1. The molecule has 0 aromatic heterocycles. The predicted molar refractivity (Wildman–Crippen MR) is 209 cm³/mol. The van der Waals surface area contributed by atoms with E-state index < -0.39 is 33.9 Å². The van der Waals surface area contributed by atoms with Gasteiger partial charge < -0.3 is 15.9 Å². The van der Waals surface area contributed by atoms with Crippen molar-refractivity contribution in [3.8, 4) is 0 Å². The highest BCUT2D eigenvalue weighted by molar-refractivity contribution is 6.79. The second-order valence-corrected chi connectivity index (χ2v) is 26.9. The molecule has 1 saturated heterocycles. The number of nitrogens with one attached hydrogen (secondary N) is 1. The van der Waals surface area contributed by atoms with Crippen molar-refractivity contribution in [1.29, 1.82) is 0 Å². The Morgan fingerprint density at radius 1 is 0.625 bits per heavy atom. The Balaban J connectivity index is 0. The van der Waals surface area contributed by atoms with E-state index in [1.54, 1.807) is 7.05 Å². The van der Waals surface area contributed by atoms with E-state index in [4.69, 9.17) is 4.84 Å². The average Bonchev–Trinajstić information content (AvgIpc) is 3.35. The fraction of sp³-hybridized carbons (Fsp3) is 0.895. The first kappa shape index (κ1) is 48.6. The molecule has 284 valence electrons. The number of carbonyl (C=O) groups is 4. The van der Waals surface area contributed by atoms with Crippen LogP contribution in [0.2, 0.25) is 49.4 Å². The molecule has 1 aliphatic rings. The minimum absolute atomic E-state index is 0.142. The smallest absolute Gasteiger partial charge is 0.333 e. The first-order chi connectivity index (χ1) is 22.6. The fourth-order valence-electron chi connectivity index (χ4n) is 5.35. The number of rotatable bonds is 25. The van der Waals surface area contributed by atoms with Crippen LogP contribution in [0.25, 0.3) is 0 Å². The molecule has 0 radical (unpaired) electrons. The van der Waals surface area contributed by atoms with Gasteiger partial charge in [0.15, 0.2) is 0 Å². The summed E-state index contributed by atoms with van der Waals surface area (Å²) in [7, 11) is 1.31. The summed E-state index contributed by atoms with van der Waals surface area (Å²) in [5.41, 5.74) is 6.29. The van der Waals surface area contributed by atoms with Crippen LogP contribution in [-0.2, 0) is 24.0 Å². The van der Waals surface area contributed by atoms with E-state index in [0.29, 0.717) is 11.5 Å². The first-order valence-electron chi connectivity index (χ1n) is 19.5. The van der Waals surface area contributed by atoms with Crippen molar-refractivity contribution in [2.75, 3.05) is 14.1 Å². The van der Waals surface area contributed by atoms with E-state index in [-0.39, 0.29) is 25.2 Å². The third kappa shape index (κ3) is 25.4. The van der Waals surface area contributed by atoms with Gasteiger partial charge in [0.25, 0.3) is 11.8 Å². The molecular formula is C38H79N3O5Si2. The number of hydroxylamine groups is 2. The van der Waals surface area contributed by atoms with E-state index in [9.17, 15) is 19.2 Å². The molecule has 48 heavy (non-hydrogen) atoms. The molecule has 1 heterocycles. The molecule has 1 fully saturated rings. The van der Waals surface area contributed by atoms with Crippen LogP contribution in [0.3, 0.4) is 0 Å². The van der Waals surface area contributed by atoms with Gasteiger partial charge in [-0.25, -0.2) is 4.79 Å².